The van der Waals surface area contributed by atoms with E-state index in [9.17, 15) is 0 Å². The first kappa shape index (κ1) is 18.9. The van der Waals surface area contributed by atoms with Crippen LogP contribution in [-0.4, -0.2) is 62.2 Å². The summed E-state index contributed by atoms with van der Waals surface area (Å²) in [4.78, 5) is 11.0. The lowest BCUT2D eigenvalue weighted by atomic mass is 10.3. The lowest BCUT2D eigenvalue weighted by molar-refractivity contribution is 0.212. The zero-order valence-electron chi connectivity index (χ0n) is 12.5. The zero-order chi connectivity index (χ0) is 15.8. The molecule has 0 spiro atoms. The molecule has 0 atom stereocenters. The van der Waals surface area contributed by atoms with E-state index in [1.807, 2.05) is 0 Å². The molecule has 21 heavy (non-hydrogen) atoms. The number of hydrogen-bond acceptors (Lipinski definition) is 4. The predicted octanol–water partition coefficient (Wildman–Crippen LogP) is 1.65. The molecule has 0 bridgehead atoms. The molecule has 0 aromatic heterocycles. The third-order valence-electron chi connectivity index (χ3n) is 3.08. The molecule has 0 fully saturated rings. The molecule has 0 rings (SSSR count). The Labute approximate surface area is 127 Å². The van der Waals surface area contributed by atoms with Crippen molar-refractivity contribution >= 4 is 0 Å². The second-order valence-electron chi connectivity index (χ2n) is 4.62. The lowest BCUT2D eigenvalue weighted by Gasteiger charge is -2.25. The summed E-state index contributed by atoms with van der Waals surface area (Å²) < 4.78 is 0. The average molecular weight is 286 g/mol. The molecule has 0 amide bonds. The molecule has 0 heterocycles. The molecule has 112 valence electrons. The molecule has 0 aromatic carbocycles. The number of nitriles is 2. The first-order valence-electron chi connectivity index (χ1n) is 7.13. The van der Waals surface area contributed by atoms with Gasteiger partial charge in [0.25, 0.3) is 0 Å². The highest BCUT2D eigenvalue weighted by Crippen LogP contribution is 1.98. The van der Waals surface area contributed by atoms with Gasteiger partial charge < -0.3 is 14.6 Å². The van der Waals surface area contributed by atoms with E-state index in [0.29, 0.717) is 45.6 Å². The molecule has 0 N–H and O–H groups in total. The van der Waals surface area contributed by atoms with Gasteiger partial charge in [-0.15, -0.1) is 0 Å². The molecule has 0 aliphatic carbocycles. The van der Waals surface area contributed by atoms with Crippen LogP contribution in [0.5, 0.6) is 0 Å². The van der Waals surface area contributed by atoms with Crippen molar-refractivity contribution in [2.45, 2.75) is 19.3 Å². The van der Waals surface area contributed by atoms with Crippen LogP contribution in [0.15, 0.2) is 0 Å². The zero-order valence-corrected chi connectivity index (χ0v) is 12.5. The standard InChI is InChI=1S/C15H22N6/c1-18-8-5-12-21(13-9-19-2)15-14-20(10-3-6-16)11-4-7-17/h3-5,8-15H2. The first-order valence-corrected chi connectivity index (χ1v) is 7.13. The highest BCUT2D eigenvalue weighted by atomic mass is 15.2. The summed E-state index contributed by atoms with van der Waals surface area (Å²) in [5.41, 5.74) is 0. The quantitative estimate of drug-likeness (QED) is 0.404. The second-order valence-corrected chi connectivity index (χ2v) is 4.62. The molecular weight excluding hydrogens is 264 g/mol. The Bertz CT molecular complexity index is 401. The number of rotatable bonds is 12. The van der Waals surface area contributed by atoms with Crippen LogP contribution in [0.4, 0.5) is 0 Å². The van der Waals surface area contributed by atoms with Gasteiger partial charge in [-0.25, -0.2) is 13.1 Å². The molecule has 0 aromatic rings. The highest BCUT2D eigenvalue weighted by Gasteiger charge is 2.10. The van der Waals surface area contributed by atoms with Crippen LogP contribution in [0.2, 0.25) is 0 Å². The van der Waals surface area contributed by atoms with E-state index in [1.165, 1.54) is 0 Å². The van der Waals surface area contributed by atoms with Gasteiger partial charge in [-0.3, -0.25) is 4.90 Å². The predicted molar refractivity (Wildman–Crippen MR) is 80.9 cm³/mol. The summed E-state index contributed by atoms with van der Waals surface area (Å²) in [5.74, 6) is 0. The lowest BCUT2D eigenvalue weighted by Crippen LogP contribution is -2.37. The van der Waals surface area contributed by atoms with Crippen LogP contribution in [-0.2, 0) is 0 Å². The van der Waals surface area contributed by atoms with Crippen LogP contribution >= 0.6 is 0 Å². The SMILES string of the molecule is [C-]#[N+]CCCN(CC[N+]#[C-])CCN(CCC#N)CCC#N. The minimum atomic E-state index is 0.463. The third-order valence-corrected chi connectivity index (χ3v) is 3.08. The minimum absolute atomic E-state index is 0.463. The first-order chi connectivity index (χ1) is 10.3. The third kappa shape index (κ3) is 11.4. The van der Waals surface area contributed by atoms with Crippen molar-refractivity contribution in [3.05, 3.63) is 22.8 Å². The normalized spacial score (nSPS) is 9.81. The van der Waals surface area contributed by atoms with Gasteiger partial charge >= 0.3 is 0 Å². The van der Waals surface area contributed by atoms with Crippen molar-refractivity contribution < 1.29 is 0 Å². The Balaban J connectivity index is 4.23. The fraction of sp³-hybridized carbons (Fsp3) is 0.733. The number of nitrogens with zero attached hydrogens (tertiary/aromatic N) is 6. The van der Waals surface area contributed by atoms with Crippen molar-refractivity contribution in [2.75, 3.05) is 52.4 Å². The van der Waals surface area contributed by atoms with Gasteiger partial charge in [0.2, 0.25) is 13.1 Å². The van der Waals surface area contributed by atoms with Crippen LogP contribution in [0.1, 0.15) is 19.3 Å². The van der Waals surface area contributed by atoms with E-state index in [0.717, 1.165) is 26.1 Å². The molecular formula is C15H22N6. The Morgan fingerprint density at radius 3 is 1.71 bits per heavy atom. The van der Waals surface area contributed by atoms with Gasteiger partial charge in [0.15, 0.2) is 0 Å². The van der Waals surface area contributed by atoms with Crippen LogP contribution in [0, 0.1) is 35.8 Å². The maximum Gasteiger partial charge on any atom is 0.227 e. The van der Waals surface area contributed by atoms with Crippen LogP contribution in [0.25, 0.3) is 9.69 Å². The van der Waals surface area contributed by atoms with Gasteiger partial charge in [-0.2, -0.15) is 10.5 Å². The van der Waals surface area contributed by atoms with Crippen LogP contribution in [0.3, 0.4) is 0 Å². The second kappa shape index (κ2) is 14.3. The van der Waals surface area contributed by atoms with Gasteiger partial charge in [0.05, 0.1) is 18.7 Å². The smallest absolute Gasteiger partial charge is 0.227 e. The minimum Gasteiger partial charge on any atom is -0.317 e. The van der Waals surface area contributed by atoms with Crippen molar-refractivity contribution in [2.24, 2.45) is 0 Å². The van der Waals surface area contributed by atoms with Crippen LogP contribution < -0.4 is 0 Å². The molecule has 0 aliphatic rings. The summed E-state index contributed by atoms with van der Waals surface area (Å²) >= 11 is 0. The molecule has 0 aliphatic heterocycles. The maximum atomic E-state index is 8.66. The van der Waals surface area contributed by atoms with E-state index in [2.05, 4.69) is 31.6 Å². The largest absolute Gasteiger partial charge is 0.317 e. The van der Waals surface area contributed by atoms with Crippen molar-refractivity contribution in [3.63, 3.8) is 0 Å². The Morgan fingerprint density at radius 2 is 1.24 bits per heavy atom. The fourth-order valence-electron chi connectivity index (χ4n) is 1.93. The summed E-state index contributed by atoms with van der Waals surface area (Å²) in [6, 6.07) is 4.25. The van der Waals surface area contributed by atoms with Crippen molar-refractivity contribution in [1.82, 2.24) is 9.80 Å². The average Bonchev–Trinajstić information content (AvgIpc) is 2.51. The van der Waals surface area contributed by atoms with Gasteiger partial charge in [-0.1, -0.05) is 0 Å². The summed E-state index contributed by atoms with van der Waals surface area (Å²) in [6.45, 7) is 19.1. The molecule has 0 radical (unpaired) electrons. The topological polar surface area (TPSA) is 62.8 Å². The van der Waals surface area contributed by atoms with E-state index >= 15 is 0 Å². The van der Waals surface area contributed by atoms with Gasteiger partial charge in [0, 0.05) is 52.0 Å². The van der Waals surface area contributed by atoms with E-state index in [1.54, 1.807) is 0 Å². The maximum absolute atomic E-state index is 8.66. The van der Waals surface area contributed by atoms with Crippen molar-refractivity contribution in [1.29, 1.82) is 10.5 Å². The number of hydrogen-bond donors (Lipinski definition) is 0. The molecule has 0 unspecified atom stereocenters. The summed E-state index contributed by atoms with van der Waals surface area (Å²) in [5, 5.41) is 17.3. The Hall–Kier alpha value is -2.12. The van der Waals surface area contributed by atoms with E-state index in [-0.39, 0.29) is 0 Å². The van der Waals surface area contributed by atoms with Crippen molar-refractivity contribution in [3.8, 4) is 12.1 Å². The molecule has 0 saturated carbocycles. The summed E-state index contributed by atoms with van der Waals surface area (Å²) in [7, 11) is 0. The fourth-order valence-corrected chi connectivity index (χ4v) is 1.93. The molecule has 0 saturated heterocycles. The van der Waals surface area contributed by atoms with Gasteiger partial charge in [0.1, 0.15) is 0 Å². The monoisotopic (exact) mass is 286 g/mol. The summed E-state index contributed by atoms with van der Waals surface area (Å²) in [6.07, 6.45) is 1.74. The highest BCUT2D eigenvalue weighted by molar-refractivity contribution is 4.77. The Kier molecular flexibility index (Phi) is 12.8. The molecule has 6 nitrogen and oxygen atoms in total. The van der Waals surface area contributed by atoms with Gasteiger partial charge in [-0.05, 0) is 0 Å². The Morgan fingerprint density at radius 1 is 0.714 bits per heavy atom. The van der Waals surface area contributed by atoms with E-state index < -0.39 is 0 Å². The van der Waals surface area contributed by atoms with E-state index in [4.69, 9.17) is 23.7 Å². The molecule has 6 heteroatoms.